The van der Waals surface area contributed by atoms with Crippen LogP contribution in [-0.2, 0) is 9.53 Å². The maximum Gasteiger partial charge on any atom is 0.325 e. The highest BCUT2D eigenvalue weighted by molar-refractivity contribution is 5.75. The van der Waals surface area contributed by atoms with Crippen LogP contribution in [0.5, 0.6) is 0 Å². The van der Waals surface area contributed by atoms with Crippen LogP contribution in [0.2, 0.25) is 0 Å². The molecule has 1 rings (SSSR count). The van der Waals surface area contributed by atoms with Gasteiger partial charge in [-0.1, -0.05) is 0 Å². The summed E-state index contributed by atoms with van der Waals surface area (Å²) in [5.74, 6) is 0.423. The van der Waals surface area contributed by atoms with E-state index in [1.54, 1.807) is 6.20 Å². The summed E-state index contributed by atoms with van der Waals surface area (Å²) in [6.45, 7) is 8.00. The average Bonchev–Trinajstić information content (AvgIpc) is 2.29. The van der Waals surface area contributed by atoms with Crippen LogP contribution in [0.25, 0.3) is 0 Å². The fourth-order valence-electron chi connectivity index (χ4n) is 1.40. The quantitative estimate of drug-likeness (QED) is 0.742. The minimum atomic E-state index is -0.279. The number of aromatic nitrogens is 2. The Bertz CT molecular complexity index is 405. The predicted octanol–water partition coefficient (Wildman–Crippen LogP) is 1.48. The van der Waals surface area contributed by atoms with E-state index in [2.05, 4.69) is 14.7 Å². The Hall–Kier alpha value is -1.65. The molecule has 1 aromatic rings. The molecule has 17 heavy (non-hydrogen) atoms. The summed E-state index contributed by atoms with van der Waals surface area (Å²) in [6.07, 6.45) is 1.69. The Balaban J connectivity index is 2.97. The third-order valence-electron chi connectivity index (χ3n) is 2.62. The first-order chi connectivity index (χ1) is 7.95. The molecule has 0 aliphatic heterocycles. The van der Waals surface area contributed by atoms with Crippen molar-refractivity contribution in [2.24, 2.45) is 0 Å². The van der Waals surface area contributed by atoms with Crippen LogP contribution < -0.4 is 4.90 Å². The molecule has 0 saturated carbocycles. The lowest BCUT2D eigenvalue weighted by Crippen LogP contribution is -2.37. The van der Waals surface area contributed by atoms with Crippen molar-refractivity contribution in [1.82, 2.24) is 9.97 Å². The molecule has 5 heteroatoms. The second-order valence-electron chi connectivity index (χ2n) is 4.20. The number of hydrogen-bond donors (Lipinski definition) is 0. The number of esters is 1. The molecule has 1 heterocycles. The van der Waals surface area contributed by atoms with Crippen LogP contribution in [-0.4, -0.2) is 35.6 Å². The second kappa shape index (κ2) is 5.61. The topological polar surface area (TPSA) is 55.3 Å². The molecule has 0 fully saturated rings. The van der Waals surface area contributed by atoms with Crippen molar-refractivity contribution in [2.45, 2.75) is 33.7 Å². The highest BCUT2D eigenvalue weighted by Crippen LogP contribution is 2.14. The molecule has 5 nitrogen and oxygen atoms in total. The SMILES string of the molecule is COC(=O)CN(c1cnc(C)c(C)n1)C(C)C. The van der Waals surface area contributed by atoms with Crippen LogP contribution in [0.4, 0.5) is 5.82 Å². The van der Waals surface area contributed by atoms with Gasteiger partial charge in [-0.25, -0.2) is 4.98 Å². The van der Waals surface area contributed by atoms with Gasteiger partial charge in [-0.05, 0) is 27.7 Å². The van der Waals surface area contributed by atoms with E-state index in [4.69, 9.17) is 0 Å². The number of carbonyl (C=O) groups excluding carboxylic acids is 1. The smallest absolute Gasteiger partial charge is 0.325 e. The monoisotopic (exact) mass is 237 g/mol. The van der Waals surface area contributed by atoms with E-state index in [9.17, 15) is 4.79 Å². The Morgan fingerprint density at radius 3 is 2.53 bits per heavy atom. The molecule has 0 spiro atoms. The van der Waals surface area contributed by atoms with E-state index >= 15 is 0 Å². The standard InChI is InChI=1S/C12H19N3O2/c1-8(2)15(7-12(16)17-5)11-6-13-9(3)10(4)14-11/h6,8H,7H2,1-5H3. The largest absolute Gasteiger partial charge is 0.468 e. The van der Waals surface area contributed by atoms with Crippen LogP contribution in [0.15, 0.2) is 6.20 Å². The van der Waals surface area contributed by atoms with E-state index < -0.39 is 0 Å². The fourth-order valence-corrected chi connectivity index (χ4v) is 1.40. The molecule has 1 aromatic heterocycles. The molecular formula is C12H19N3O2. The summed E-state index contributed by atoms with van der Waals surface area (Å²) in [7, 11) is 1.38. The second-order valence-corrected chi connectivity index (χ2v) is 4.20. The van der Waals surface area contributed by atoms with Gasteiger partial charge in [-0.2, -0.15) is 0 Å². The Labute approximate surface area is 102 Å². The van der Waals surface area contributed by atoms with Crippen molar-refractivity contribution in [3.05, 3.63) is 17.6 Å². The molecular weight excluding hydrogens is 218 g/mol. The first kappa shape index (κ1) is 13.4. The third kappa shape index (κ3) is 3.41. The van der Waals surface area contributed by atoms with Gasteiger partial charge in [0.25, 0.3) is 0 Å². The number of carbonyl (C=O) groups is 1. The molecule has 0 aliphatic carbocycles. The summed E-state index contributed by atoms with van der Waals surface area (Å²) < 4.78 is 4.68. The number of rotatable bonds is 4. The highest BCUT2D eigenvalue weighted by atomic mass is 16.5. The van der Waals surface area contributed by atoms with Gasteiger partial charge in [0, 0.05) is 6.04 Å². The molecule has 94 valence electrons. The molecule has 0 N–H and O–H groups in total. The molecule has 0 radical (unpaired) electrons. The van der Waals surface area contributed by atoms with E-state index in [1.807, 2.05) is 32.6 Å². The molecule has 0 atom stereocenters. The maximum atomic E-state index is 11.3. The van der Waals surface area contributed by atoms with Crippen molar-refractivity contribution in [3.8, 4) is 0 Å². The average molecular weight is 237 g/mol. The minimum Gasteiger partial charge on any atom is -0.468 e. The lowest BCUT2D eigenvalue weighted by atomic mass is 10.3. The highest BCUT2D eigenvalue weighted by Gasteiger charge is 2.17. The van der Waals surface area contributed by atoms with Crippen LogP contribution in [0.3, 0.4) is 0 Å². The number of aryl methyl sites for hydroxylation is 2. The molecule has 0 unspecified atom stereocenters. The normalized spacial score (nSPS) is 10.5. The zero-order valence-electron chi connectivity index (χ0n) is 11.0. The number of methoxy groups -OCH3 is 1. The van der Waals surface area contributed by atoms with Gasteiger partial charge in [-0.15, -0.1) is 0 Å². The van der Waals surface area contributed by atoms with Gasteiger partial charge >= 0.3 is 5.97 Å². The Kier molecular flexibility index (Phi) is 4.43. The molecule has 0 amide bonds. The Morgan fingerprint density at radius 2 is 2.06 bits per heavy atom. The van der Waals surface area contributed by atoms with E-state index in [0.29, 0.717) is 5.82 Å². The number of hydrogen-bond acceptors (Lipinski definition) is 5. The lowest BCUT2D eigenvalue weighted by molar-refractivity contribution is -0.139. The Morgan fingerprint density at radius 1 is 1.41 bits per heavy atom. The van der Waals surface area contributed by atoms with E-state index in [0.717, 1.165) is 11.4 Å². The van der Waals surface area contributed by atoms with Crippen LogP contribution >= 0.6 is 0 Å². The van der Waals surface area contributed by atoms with Gasteiger partial charge in [0.15, 0.2) is 0 Å². The van der Waals surface area contributed by atoms with Gasteiger partial charge in [0.1, 0.15) is 12.4 Å². The maximum absolute atomic E-state index is 11.3. The molecule has 0 saturated heterocycles. The zero-order chi connectivity index (χ0) is 13.0. The summed E-state index contributed by atoms with van der Waals surface area (Å²) in [4.78, 5) is 21.9. The molecule has 0 aromatic carbocycles. The molecule has 0 bridgehead atoms. The van der Waals surface area contributed by atoms with Crippen molar-refractivity contribution in [2.75, 3.05) is 18.6 Å². The first-order valence-electron chi connectivity index (χ1n) is 5.59. The van der Waals surface area contributed by atoms with Gasteiger partial charge in [0.05, 0.1) is 24.7 Å². The zero-order valence-corrected chi connectivity index (χ0v) is 11.0. The van der Waals surface area contributed by atoms with Crippen molar-refractivity contribution < 1.29 is 9.53 Å². The number of nitrogens with zero attached hydrogens (tertiary/aromatic N) is 3. The predicted molar refractivity (Wildman–Crippen MR) is 66.0 cm³/mol. The first-order valence-corrected chi connectivity index (χ1v) is 5.59. The molecule has 0 aliphatic rings. The summed E-state index contributed by atoms with van der Waals surface area (Å²) >= 11 is 0. The van der Waals surface area contributed by atoms with Gasteiger partial charge in [0.2, 0.25) is 0 Å². The van der Waals surface area contributed by atoms with Gasteiger partial charge in [-0.3, -0.25) is 9.78 Å². The van der Waals surface area contributed by atoms with Crippen LogP contribution in [0, 0.1) is 13.8 Å². The third-order valence-corrected chi connectivity index (χ3v) is 2.62. The van der Waals surface area contributed by atoms with E-state index in [-0.39, 0.29) is 18.6 Å². The summed E-state index contributed by atoms with van der Waals surface area (Å²) in [6, 6.07) is 0.158. The fraction of sp³-hybridized carbons (Fsp3) is 0.583. The lowest BCUT2D eigenvalue weighted by Gasteiger charge is -2.26. The summed E-state index contributed by atoms with van der Waals surface area (Å²) in [5.41, 5.74) is 1.77. The van der Waals surface area contributed by atoms with Crippen LogP contribution in [0.1, 0.15) is 25.2 Å². The minimum absolute atomic E-state index is 0.158. The van der Waals surface area contributed by atoms with Crippen molar-refractivity contribution >= 4 is 11.8 Å². The van der Waals surface area contributed by atoms with Crippen molar-refractivity contribution in [1.29, 1.82) is 0 Å². The van der Waals surface area contributed by atoms with Crippen molar-refractivity contribution in [3.63, 3.8) is 0 Å². The van der Waals surface area contributed by atoms with E-state index in [1.165, 1.54) is 7.11 Å². The van der Waals surface area contributed by atoms with Gasteiger partial charge < -0.3 is 9.64 Å². The summed E-state index contributed by atoms with van der Waals surface area (Å²) in [5, 5.41) is 0. The number of ether oxygens (including phenoxy) is 1. The number of anilines is 1.